The number of benzene rings is 1. The minimum absolute atomic E-state index is 0.272. The van der Waals surface area contributed by atoms with E-state index in [0.29, 0.717) is 12.0 Å². The van der Waals surface area contributed by atoms with Crippen molar-refractivity contribution in [2.45, 2.75) is 45.1 Å². The summed E-state index contributed by atoms with van der Waals surface area (Å²) in [6.07, 6.45) is 5.30. The number of rotatable bonds is 7. The summed E-state index contributed by atoms with van der Waals surface area (Å²) < 4.78 is 26.7. The first-order valence-corrected chi connectivity index (χ1v) is 6.86. The maximum atomic E-state index is 13.6. The lowest BCUT2D eigenvalue weighted by molar-refractivity contribution is 0.446. The smallest absolute Gasteiger partial charge is 0.126 e. The van der Waals surface area contributed by atoms with Gasteiger partial charge in [0.1, 0.15) is 11.6 Å². The molecule has 1 unspecified atom stereocenters. The molecule has 0 spiro atoms. The van der Waals surface area contributed by atoms with Crippen molar-refractivity contribution in [1.82, 2.24) is 5.32 Å². The summed E-state index contributed by atoms with van der Waals surface area (Å²) >= 11 is 0. The number of hydrogen-bond acceptors (Lipinski definition) is 1. The summed E-state index contributed by atoms with van der Waals surface area (Å²) in [5.74, 6) is 0.138. The van der Waals surface area contributed by atoms with Gasteiger partial charge in [-0.2, -0.15) is 0 Å². The normalized spacial score (nSPS) is 16.8. The van der Waals surface area contributed by atoms with Gasteiger partial charge in [0, 0.05) is 6.04 Å². The van der Waals surface area contributed by atoms with Crippen molar-refractivity contribution in [2.24, 2.45) is 5.92 Å². The summed E-state index contributed by atoms with van der Waals surface area (Å²) in [6.45, 7) is 3.05. The van der Waals surface area contributed by atoms with Gasteiger partial charge in [0.15, 0.2) is 0 Å². The average molecular weight is 253 g/mol. The molecule has 1 aromatic carbocycles. The van der Waals surface area contributed by atoms with Gasteiger partial charge in [-0.3, -0.25) is 0 Å². The standard InChI is InChI=1S/C15H21F2N/c1-2-7-18-14(8-11-3-4-11)10-12-9-13(16)5-6-15(12)17/h5-6,9,11,14,18H,2-4,7-8,10H2,1H3. The lowest BCUT2D eigenvalue weighted by Crippen LogP contribution is -2.32. The fourth-order valence-electron chi connectivity index (χ4n) is 2.31. The summed E-state index contributed by atoms with van der Waals surface area (Å²) in [6, 6.07) is 3.99. The number of hydrogen-bond donors (Lipinski definition) is 1. The van der Waals surface area contributed by atoms with E-state index < -0.39 is 0 Å². The third-order valence-corrected chi connectivity index (χ3v) is 3.47. The van der Waals surface area contributed by atoms with Crippen LogP contribution in [0.2, 0.25) is 0 Å². The molecule has 1 aliphatic carbocycles. The van der Waals surface area contributed by atoms with Crippen LogP contribution in [0.15, 0.2) is 18.2 Å². The molecule has 0 saturated heterocycles. The minimum Gasteiger partial charge on any atom is -0.314 e. The van der Waals surface area contributed by atoms with Crippen molar-refractivity contribution in [1.29, 1.82) is 0 Å². The van der Waals surface area contributed by atoms with E-state index in [9.17, 15) is 8.78 Å². The summed E-state index contributed by atoms with van der Waals surface area (Å²) in [4.78, 5) is 0. The second-order valence-electron chi connectivity index (χ2n) is 5.27. The topological polar surface area (TPSA) is 12.0 Å². The molecule has 0 heterocycles. The molecule has 0 aromatic heterocycles. The summed E-state index contributed by atoms with van der Waals surface area (Å²) in [5, 5.41) is 3.45. The monoisotopic (exact) mass is 253 g/mol. The molecule has 1 fully saturated rings. The van der Waals surface area contributed by atoms with Crippen molar-refractivity contribution in [3.63, 3.8) is 0 Å². The molecule has 1 nitrogen and oxygen atoms in total. The SMILES string of the molecule is CCCNC(Cc1cc(F)ccc1F)CC1CC1. The van der Waals surface area contributed by atoms with Gasteiger partial charge in [0.25, 0.3) is 0 Å². The second-order valence-corrected chi connectivity index (χ2v) is 5.27. The van der Waals surface area contributed by atoms with Gasteiger partial charge in [-0.1, -0.05) is 19.8 Å². The minimum atomic E-state index is -0.355. The molecule has 1 N–H and O–H groups in total. The summed E-state index contributed by atoms with van der Waals surface area (Å²) in [5.41, 5.74) is 0.490. The van der Waals surface area contributed by atoms with Gasteiger partial charge >= 0.3 is 0 Å². The van der Waals surface area contributed by atoms with E-state index in [-0.39, 0.29) is 17.7 Å². The average Bonchev–Trinajstić information content (AvgIpc) is 3.14. The third kappa shape index (κ3) is 4.05. The van der Waals surface area contributed by atoms with E-state index in [0.717, 1.165) is 25.3 Å². The maximum absolute atomic E-state index is 13.6. The third-order valence-electron chi connectivity index (χ3n) is 3.47. The molecule has 100 valence electrons. The Morgan fingerprint density at radius 2 is 2.11 bits per heavy atom. The Balaban J connectivity index is 1.98. The van der Waals surface area contributed by atoms with Crippen LogP contribution in [0.5, 0.6) is 0 Å². The Morgan fingerprint density at radius 1 is 1.33 bits per heavy atom. The fourth-order valence-corrected chi connectivity index (χ4v) is 2.31. The number of nitrogens with one attached hydrogen (secondary N) is 1. The molecular weight excluding hydrogens is 232 g/mol. The van der Waals surface area contributed by atoms with Crippen molar-refractivity contribution in [3.8, 4) is 0 Å². The molecule has 0 radical (unpaired) electrons. The molecule has 2 rings (SSSR count). The lowest BCUT2D eigenvalue weighted by atomic mass is 10.0. The highest BCUT2D eigenvalue weighted by Gasteiger charge is 2.25. The van der Waals surface area contributed by atoms with E-state index in [1.165, 1.54) is 31.0 Å². The van der Waals surface area contributed by atoms with Crippen molar-refractivity contribution >= 4 is 0 Å². The van der Waals surface area contributed by atoms with Crippen molar-refractivity contribution in [2.75, 3.05) is 6.54 Å². The van der Waals surface area contributed by atoms with Crippen molar-refractivity contribution in [3.05, 3.63) is 35.4 Å². The first kappa shape index (κ1) is 13.5. The number of halogens is 2. The predicted molar refractivity (Wildman–Crippen MR) is 69.5 cm³/mol. The molecule has 1 saturated carbocycles. The first-order valence-electron chi connectivity index (χ1n) is 6.86. The predicted octanol–water partition coefficient (Wildman–Crippen LogP) is 3.68. The van der Waals surface area contributed by atoms with Gasteiger partial charge in [-0.25, -0.2) is 8.78 Å². The Bertz CT molecular complexity index is 388. The van der Waals surface area contributed by atoms with Crippen LogP contribution in [0.4, 0.5) is 8.78 Å². The van der Waals surface area contributed by atoms with Crippen LogP contribution in [0.1, 0.15) is 38.2 Å². The highest BCUT2D eigenvalue weighted by Crippen LogP contribution is 2.34. The molecule has 0 aliphatic heterocycles. The van der Waals surface area contributed by atoms with E-state index in [4.69, 9.17) is 0 Å². The molecule has 1 aromatic rings. The van der Waals surface area contributed by atoms with Crippen molar-refractivity contribution < 1.29 is 8.78 Å². The quantitative estimate of drug-likeness (QED) is 0.781. The van der Waals surface area contributed by atoms with Crippen LogP contribution in [0, 0.1) is 17.6 Å². The zero-order valence-corrected chi connectivity index (χ0v) is 10.9. The Kier molecular flexibility index (Phi) is 4.70. The van der Waals surface area contributed by atoms with E-state index >= 15 is 0 Å². The van der Waals surface area contributed by atoms with Gasteiger partial charge in [-0.05, 0) is 55.5 Å². The van der Waals surface area contributed by atoms with Crippen LogP contribution in [0.3, 0.4) is 0 Å². The zero-order valence-electron chi connectivity index (χ0n) is 10.9. The van der Waals surface area contributed by atoms with Crippen LogP contribution in [0.25, 0.3) is 0 Å². The molecular formula is C15H21F2N. The van der Waals surface area contributed by atoms with Crippen LogP contribution >= 0.6 is 0 Å². The van der Waals surface area contributed by atoms with Crippen LogP contribution in [-0.4, -0.2) is 12.6 Å². The Hall–Kier alpha value is -0.960. The first-order chi connectivity index (χ1) is 8.69. The molecule has 18 heavy (non-hydrogen) atoms. The second kappa shape index (κ2) is 6.28. The van der Waals surface area contributed by atoms with Gasteiger partial charge in [0.2, 0.25) is 0 Å². The largest absolute Gasteiger partial charge is 0.314 e. The fraction of sp³-hybridized carbons (Fsp3) is 0.600. The van der Waals surface area contributed by atoms with Gasteiger partial charge in [-0.15, -0.1) is 0 Å². The molecule has 3 heteroatoms. The zero-order chi connectivity index (χ0) is 13.0. The van der Waals surface area contributed by atoms with E-state index in [1.54, 1.807) is 0 Å². The van der Waals surface area contributed by atoms with E-state index in [1.807, 2.05) is 0 Å². The van der Waals surface area contributed by atoms with Gasteiger partial charge in [0.05, 0.1) is 0 Å². The molecule has 1 aliphatic rings. The Morgan fingerprint density at radius 3 is 2.78 bits per heavy atom. The molecule has 1 atom stereocenters. The van der Waals surface area contributed by atoms with Crippen LogP contribution < -0.4 is 5.32 Å². The van der Waals surface area contributed by atoms with Crippen LogP contribution in [-0.2, 0) is 6.42 Å². The highest BCUT2D eigenvalue weighted by atomic mass is 19.1. The Labute approximate surface area is 108 Å². The molecule has 0 amide bonds. The van der Waals surface area contributed by atoms with Gasteiger partial charge < -0.3 is 5.32 Å². The molecule has 0 bridgehead atoms. The maximum Gasteiger partial charge on any atom is 0.126 e. The lowest BCUT2D eigenvalue weighted by Gasteiger charge is -2.18. The van der Waals surface area contributed by atoms with E-state index in [2.05, 4.69) is 12.2 Å². The highest BCUT2D eigenvalue weighted by molar-refractivity contribution is 5.20. The summed E-state index contributed by atoms with van der Waals surface area (Å²) in [7, 11) is 0.